The molecule has 0 aliphatic carbocycles. The fraction of sp³-hybridized carbons (Fsp3) is 0.857. The molecule has 1 rings (SSSR count). The summed E-state index contributed by atoms with van der Waals surface area (Å²) in [5, 5.41) is 14.7. The number of aliphatic carboxylic acids is 1. The van der Waals surface area contributed by atoms with E-state index in [0.29, 0.717) is 12.6 Å². The van der Waals surface area contributed by atoms with Gasteiger partial charge in [-0.2, -0.15) is 0 Å². The van der Waals surface area contributed by atoms with Crippen LogP contribution < -0.4 is 10.6 Å². The molecular formula is C7H14N2O2. The van der Waals surface area contributed by atoms with Gasteiger partial charge in [-0.05, 0) is 13.0 Å². The van der Waals surface area contributed by atoms with Gasteiger partial charge in [0.25, 0.3) is 0 Å². The summed E-state index contributed by atoms with van der Waals surface area (Å²) in [6, 6.07) is 0.481. The Labute approximate surface area is 66.0 Å². The summed E-state index contributed by atoms with van der Waals surface area (Å²) < 4.78 is 0. The quantitative estimate of drug-likeness (QED) is 0.512. The van der Waals surface area contributed by atoms with Gasteiger partial charge in [-0.15, -0.1) is 0 Å². The van der Waals surface area contributed by atoms with Gasteiger partial charge in [-0.25, -0.2) is 0 Å². The van der Waals surface area contributed by atoms with Gasteiger partial charge in [-0.1, -0.05) is 0 Å². The summed E-state index contributed by atoms with van der Waals surface area (Å²) in [6.45, 7) is 2.60. The predicted octanol–water partition coefficient (Wildman–Crippen LogP) is -0.587. The minimum Gasteiger partial charge on any atom is -0.481 e. The molecule has 1 atom stereocenters. The molecule has 0 amide bonds. The maximum Gasteiger partial charge on any atom is 0.304 e. The summed E-state index contributed by atoms with van der Waals surface area (Å²) in [5.41, 5.74) is 0. The zero-order valence-electron chi connectivity index (χ0n) is 6.47. The molecule has 4 heteroatoms. The van der Waals surface area contributed by atoms with Crippen LogP contribution in [0.25, 0.3) is 0 Å². The molecular weight excluding hydrogens is 144 g/mol. The van der Waals surface area contributed by atoms with E-state index in [1.165, 1.54) is 0 Å². The first-order valence-electron chi connectivity index (χ1n) is 3.95. The van der Waals surface area contributed by atoms with Gasteiger partial charge in [0.2, 0.25) is 0 Å². The van der Waals surface area contributed by atoms with E-state index in [2.05, 4.69) is 10.6 Å². The number of carboxylic acids is 1. The van der Waals surface area contributed by atoms with Gasteiger partial charge >= 0.3 is 5.97 Å². The predicted molar refractivity (Wildman–Crippen MR) is 41.5 cm³/mol. The van der Waals surface area contributed by atoms with Crippen LogP contribution in [0.3, 0.4) is 0 Å². The highest BCUT2D eigenvalue weighted by Crippen LogP contribution is 1.96. The first-order valence-corrected chi connectivity index (χ1v) is 3.95. The number of carbonyl (C=O) groups is 1. The van der Waals surface area contributed by atoms with E-state index in [1.54, 1.807) is 0 Å². The number of nitrogens with one attached hydrogen (secondary N) is 2. The Morgan fingerprint density at radius 2 is 2.55 bits per heavy atom. The second-order valence-corrected chi connectivity index (χ2v) is 2.79. The van der Waals surface area contributed by atoms with Crippen LogP contribution in [0, 0.1) is 0 Å². The van der Waals surface area contributed by atoms with Crippen molar-refractivity contribution in [1.82, 2.24) is 10.6 Å². The molecule has 1 aliphatic heterocycles. The van der Waals surface area contributed by atoms with Crippen LogP contribution in [0.15, 0.2) is 0 Å². The number of hydrogen-bond donors (Lipinski definition) is 3. The number of hydrogen-bond acceptors (Lipinski definition) is 3. The Morgan fingerprint density at radius 3 is 3.09 bits per heavy atom. The van der Waals surface area contributed by atoms with Crippen LogP contribution in [0.1, 0.15) is 12.8 Å². The molecule has 0 unspecified atom stereocenters. The second-order valence-electron chi connectivity index (χ2n) is 2.79. The SMILES string of the molecule is O=C(O)CCN[C@@H]1CCNC1. The largest absolute Gasteiger partial charge is 0.481 e. The van der Waals surface area contributed by atoms with Crippen LogP contribution in [-0.4, -0.2) is 36.8 Å². The van der Waals surface area contributed by atoms with E-state index < -0.39 is 5.97 Å². The maximum atomic E-state index is 10.1. The molecule has 11 heavy (non-hydrogen) atoms. The first kappa shape index (κ1) is 8.49. The summed E-state index contributed by atoms with van der Waals surface area (Å²) in [4.78, 5) is 10.1. The highest BCUT2D eigenvalue weighted by atomic mass is 16.4. The number of carboxylic acid groups (broad SMARTS) is 1. The van der Waals surface area contributed by atoms with Crippen molar-refractivity contribution in [2.24, 2.45) is 0 Å². The summed E-state index contributed by atoms with van der Waals surface area (Å²) in [7, 11) is 0. The van der Waals surface area contributed by atoms with Gasteiger partial charge < -0.3 is 15.7 Å². The van der Waals surface area contributed by atoms with Crippen LogP contribution in [0.5, 0.6) is 0 Å². The van der Waals surface area contributed by atoms with Crippen LogP contribution in [-0.2, 0) is 4.79 Å². The second kappa shape index (κ2) is 4.31. The molecule has 0 spiro atoms. The van der Waals surface area contributed by atoms with Gasteiger partial charge in [-0.3, -0.25) is 4.79 Å². The van der Waals surface area contributed by atoms with E-state index in [1.807, 2.05) is 0 Å². The van der Waals surface area contributed by atoms with Crippen LogP contribution in [0.2, 0.25) is 0 Å². The molecule has 0 aromatic rings. The van der Waals surface area contributed by atoms with Crippen molar-refractivity contribution in [2.75, 3.05) is 19.6 Å². The van der Waals surface area contributed by atoms with Gasteiger partial charge in [0.05, 0.1) is 6.42 Å². The molecule has 0 aromatic carbocycles. The van der Waals surface area contributed by atoms with Gasteiger partial charge in [0, 0.05) is 19.1 Å². The summed E-state index contributed by atoms with van der Waals surface area (Å²) >= 11 is 0. The zero-order valence-corrected chi connectivity index (χ0v) is 6.47. The lowest BCUT2D eigenvalue weighted by atomic mass is 10.2. The van der Waals surface area contributed by atoms with Crippen molar-refractivity contribution in [3.63, 3.8) is 0 Å². The Morgan fingerprint density at radius 1 is 1.73 bits per heavy atom. The van der Waals surface area contributed by atoms with E-state index >= 15 is 0 Å². The van der Waals surface area contributed by atoms with Crippen molar-refractivity contribution in [1.29, 1.82) is 0 Å². The highest BCUT2D eigenvalue weighted by Gasteiger charge is 2.12. The fourth-order valence-corrected chi connectivity index (χ4v) is 1.21. The molecule has 64 valence electrons. The molecule has 1 fully saturated rings. The lowest BCUT2D eigenvalue weighted by molar-refractivity contribution is -0.136. The molecule has 0 bridgehead atoms. The zero-order chi connectivity index (χ0) is 8.10. The van der Waals surface area contributed by atoms with Crippen molar-refractivity contribution in [3.8, 4) is 0 Å². The van der Waals surface area contributed by atoms with E-state index in [4.69, 9.17) is 5.11 Å². The summed E-state index contributed by atoms with van der Waals surface area (Å²) in [6.07, 6.45) is 1.33. The standard InChI is InChI=1S/C7H14N2O2/c10-7(11)2-4-9-6-1-3-8-5-6/h6,8-9H,1-5H2,(H,10,11)/t6-/m1/s1. The molecule has 1 aliphatic rings. The smallest absolute Gasteiger partial charge is 0.304 e. The molecule has 0 saturated carbocycles. The highest BCUT2D eigenvalue weighted by molar-refractivity contribution is 5.66. The van der Waals surface area contributed by atoms with Crippen LogP contribution >= 0.6 is 0 Å². The Kier molecular flexibility index (Phi) is 3.32. The lowest BCUT2D eigenvalue weighted by Gasteiger charge is -2.08. The van der Waals surface area contributed by atoms with Crippen molar-refractivity contribution < 1.29 is 9.90 Å². The van der Waals surface area contributed by atoms with Crippen LogP contribution in [0.4, 0.5) is 0 Å². The average Bonchev–Trinajstić information content (AvgIpc) is 2.39. The normalized spacial score (nSPS) is 23.8. The first-order chi connectivity index (χ1) is 5.29. The minimum atomic E-state index is -0.733. The van der Waals surface area contributed by atoms with E-state index in [-0.39, 0.29) is 6.42 Å². The molecule has 0 radical (unpaired) electrons. The number of rotatable bonds is 4. The Hall–Kier alpha value is -0.610. The molecule has 3 N–H and O–H groups in total. The molecule has 4 nitrogen and oxygen atoms in total. The Bertz CT molecular complexity index is 132. The molecule has 0 aromatic heterocycles. The van der Waals surface area contributed by atoms with E-state index in [9.17, 15) is 4.79 Å². The van der Waals surface area contributed by atoms with Crippen molar-refractivity contribution in [3.05, 3.63) is 0 Å². The third kappa shape index (κ3) is 3.34. The van der Waals surface area contributed by atoms with Crippen molar-refractivity contribution in [2.45, 2.75) is 18.9 Å². The topological polar surface area (TPSA) is 61.4 Å². The molecule has 1 saturated heterocycles. The maximum absolute atomic E-state index is 10.1. The minimum absolute atomic E-state index is 0.219. The fourth-order valence-electron chi connectivity index (χ4n) is 1.21. The third-order valence-electron chi connectivity index (χ3n) is 1.83. The Balaban J connectivity index is 1.98. The molecule has 1 heterocycles. The summed E-state index contributed by atoms with van der Waals surface area (Å²) in [5.74, 6) is -0.733. The lowest BCUT2D eigenvalue weighted by Crippen LogP contribution is -2.32. The van der Waals surface area contributed by atoms with E-state index in [0.717, 1.165) is 19.5 Å². The van der Waals surface area contributed by atoms with Gasteiger partial charge in [0.15, 0.2) is 0 Å². The monoisotopic (exact) mass is 158 g/mol. The third-order valence-corrected chi connectivity index (χ3v) is 1.83. The van der Waals surface area contributed by atoms with Crippen molar-refractivity contribution >= 4 is 5.97 Å². The van der Waals surface area contributed by atoms with Gasteiger partial charge in [0.1, 0.15) is 0 Å². The average molecular weight is 158 g/mol.